The lowest BCUT2D eigenvalue weighted by molar-refractivity contribution is -0.277. The van der Waals surface area contributed by atoms with Gasteiger partial charge in [0, 0.05) is 17.9 Å². The Morgan fingerprint density at radius 3 is 2.02 bits per heavy atom. The Kier molecular flexibility index (Phi) is 9.56. The van der Waals surface area contributed by atoms with E-state index in [4.69, 9.17) is 32.8 Å². The first-order valence-corrected chi connectivity index (χ1v) is 17.9. The van der Waals surface area contributed by atoms with Gasteiger partial charge in [-0.25, -0.2) is 0 Å². The van der Waals surface area contributed by atoms with Crippen LogP contribution in [0.3, 0.4) is 0 Å². The molecular formula is C32H46O11Si. The molecule has 2 aromatic carbocycles. The van der Waals surface area contributed by atoms with E-state index in [0.29, 0.717) is 19.0 Å². The summed E-state index contributed by atoms with van der Waals surface area (Å²) in [6.07, 6.45) is -7.39. The summed E-state index contributed by atoms with van der Waals surface area (Å²) in [6.45, 7) is 11.6. The van der Waals surface area contributed by atoms with Crippen LogP contribution in [0.25, 0.3) is 0 Å². The van der Waals surface area contributed by atoms with Crippen molar-refractivity contribution >= 4 is 8.32 Å². The molecule has 3 heterocycles. The van der Waals surface area contributed by atoms with Crippen molar-refractivity contribution in [1.82, 2.24) is 0 Å². The van der Waals surface area contributed by atoms with Crippen LogP contribution in [0.4, 0.5) is 0 Å². The van der Waals surface area contributed by atoms with Crippen LogP contribution >= 0.6 is 0 Å². The lowest BCUT2D eigenvalue weighted by Crippen LogP contribution is -2.60. The molecule has 0 amide bonds. The molecule has 5 rings (SSSR count). The molecule has 3 aliphatic rings. The van der Waals surface area contributed by atoms with Crippen molar-refractivity contribution in [2.75, 3.05) is 34.0 Å². The number of ether oxygens (including phenoxy) is 6. The highest BCUT2D eigenvalue weighted by atomic mass is 28.4. The second kappa shape index (κ2) is 12.8. The van der Waals surface area contributed by atoms with Crippen molar-refractivity contribution in [3.63, 3.8) is 0 Å². The first kappa shape index (κ1) is 33.0. The molecule has 11 nitrogen and oxygen atoms in total. The fourth-order valence-corrected chi connectivity index (χ4v) is 6.88. The maximum atomic E-state index is 10.4. The van der Waals surface area contributed by atoms with E-state index in [-0.39, 0.29) is 34.8 Å². The van der Waals surface area contributed by atoms with E-state index in [1.54, 1.807) is 13.2 Å². The Morgan fingerprint density at radius 2 is 1.43 bits per heavy atom. The fourth-order valence-electron chi connectivity index (χ4n) is 5.87. The topological polar surface area (TPSA) is 146 Å². The minimum absolute atomic E-state index is 0.0498. The smallest absolute Gasteiger partial charge is 0.250 e. The van der Waals surface area contributed by atoms with Crippen molar-refractivity contribution in [3.05, 3.63) is 47.5 Å². The van der Waals surface area contributed by atoms with E-state index in [9.17, 15) is 20.4 Å². The van der Waals surface area contributed by atoms with Gasteiger partial charge in [0.1, 0.15) is 35.9 Å². The Morgan fingerprint density at radius 1 is 0.795 bits per heavy atom. The van der Waals surface area contributed by atoms with Gasteiger partial charge in [-0.1, -0.05) is 26.8 Å². The fraction of sp³-hybridized carbons (Fsp3) is 0.625. The maximum absolute atomic E-state index is 10.4. The zero-order valence-corrected chi connectivity index (χ0v) is 27.4. The quantitative estimate of drug-likeness (QED) is 0.302. The number of hydrogen-bond acceptors (Lipinski definition) is 11. The van der Waals surface area contributed by atoms with Gasteiger partial charge in [0.15, 0.2) is 11.5 Å². The molecule has 9 atom stereocenters. The van der Waals surface area contributed by atoms with Crippen molar-refractivity contribution < 1.29 is 53.3 Å². The maximum Gasteiger partial charge on any atom is 0.250 e. The Labute approximate surface area is 259 Å². The number of benzene rings is 2. The van der Waals surface area contributed by atoms with Crippen LogP contribution in [-0.4, -0.2) is 93.5 Å². The lowest BCUT2D eigenvalue weighted by Gasteiger charge is -2.39. The summed E-state index contributed by atoms with van der Waals surface area (Å²) in [6, 6.07) is 11.4. The summed E-state index contributed by atoms with van der Waals surface area (Å²) in [5, 5.41) is 40.2. The van der Waals surface area contributed by atoms with Crippen LogP contribution in [0.1, 0.15) is 44.1 Å². The number of fused-ring (bicyclic) bond motifs is 1. The summed E-state index contributed by atoms with van der Waals surface area (Å²) in [5.74, 6) is 2.36. The SMILES string of the molecule is COc1cc(O[Si](C)(C)C(C)(C)C)cc(C2OCC3C(c4ccc(OC5OC(CO)C(O)C(O)C5O)c(OC)c4)OCC23)c1. The number of hydrogen-bond donors (Lipinski definition) is 4. The van der Waals surface area contributed by atoms with Gasteiger partial charge in [0.25, 0.3) is 0 Å². The predicted molar refractivity (Wildman–Crippen MR) is 163 cm³/mol. The molecule has 3 saturated heterocycles. The normalized spacial score (nSPS) is 32.3. The monoisotopic (exact) mass is 634 g/mol. The van der Waals surface area contributed by atoms with Crippen LogP contribution in [0.5, 0.6) is 23.0 Å². The van der Waals surface area contributed by atoms with Gasteiger partial charge in [0.05, 0.1) is 46.2 Å². The molecule has 44 heavy (non-hydrogen) atoms. The van der Waals surface area contributed by atoms with E-state index in [0.717, 1.165) is 22.6 Å². The van der Waals surface area contributed by atoms with Crippen molar-refractivity contribution in [1.29, 1.82) is 0 Å². The first-order chi connectivity index (χ1) is 20.8. The number of aliphatic hydroxyl groups excluding tert-OH is 4. The van der Waals surface area contributed by atoms with Crippen LogP contribution in [0, 0.1) is 11.8 Å². The molecule has 0 bridgehead atoms. The van der Waals surface area contributed by atoms with Crippen molar-refractivity contribution in [2.45, 2.75) is 81.8 Å². The number of rotatable bonds is 9. The van der Waals surface area contributed by atoms with Gasteiger partial charge in [-0.05, 0) is 53.5 Å². The standard InChI is InChI=1S/C32H46O11Si/c1-32(2,3)44(6,7)43-20-11-18(10-19(13-20)37-4)30-22-16-39-29(21(22)15-40-30)17-8-9-23(24(12-17)38-5)41-31-28(36)27(35)26(34)25(14-33)42-31/h8-13,21-22,25-31,33-36H,14-16H2,1-7H3. The Bertz CT molecular complexity index is 1300. The molecule has 2 aromatic rings. The third-order valence-corrected chi connectivity index (χ3v) is 13.9. The van der Waals surface area contributed by atoms with E-state index < -0.39 is 45.6 Å². The highest BCUT2D eigenvalue weighted by molar-refractivity contribution is 6.74. The molecule has 0 aliphatic carbocycles. The van der Waals surface area contributed by atoms with Gasteiger partial charge < -0.3 is 53.3 Å². The van der Waals surface area contributed by atoms with Crippen LogP contribution in [0.2, 0.25) is 18.1 Å². The molecule has 0 aromatic heterocycles. The molecule has 12 heteroatoms. The Hall–Kier alpha value is -2.42. The minimum atomic E-state index is -2.07. The molecule has 4 N–H and O–H groups in total. The zero-order valence-electron chi connectivity index (χ0n) is 26.4. The summed E-state index contributed by atoms with van der Waals surface area (Å²) in [4.78, 5) is 0. The van der Waals surface area contributed by atoms with Gasteiger partial charge in [-0.2, -0.15) is 0 Å². The van der Waals surface area contributed by atoms with E-state index in [1.165, 1.54) is 7.11 Å². The van der Waals surface area contributed by atoms with Crippen LogP contribution < -0.4 is 18.6 Å². The highest BCUT2D eigenvalue weighted by Gasteiger charge is 2.49. The lowest BCUT2D eigenvalue weighted by atomic mass is 9.85. The average Bonchev–Trinajstić information content (AvgIpc) is 3.59. The van der Waals surface area contributed by atoms with Gasteiger partial charge in [-0.3, -0.25) is 0 Å². The molecule has 0 spiro atoms. The third-order valence-electron chi connectivity index (χ3n) is 9.52. The summed E-state index contributed by atoms with van der Waals surface area (Å²) < 4.78 is 41.9. The predicted octanol–water partition coefficient (Wildman–Crippen LogP) is 3.34. The third kappa shape index (κ3) is 6.31. The van der Waals surface area contributed by atoms with Crippen molar-refractivity contribution in [3.8, 4) is 23.0 Å². The molecule has 3 fully saturated rings. The molecule has 0 radical (unpaired) electrons. The average molecular weight is 635 g/mol. The first-order valence-electron chi connectivity index (χ1n) is 15.0. The second-order valence-corrected chi connectivity index (χ2v) is 18.1. The van der Waals surface area contributed by atoms with Gasteiger partial charge in [-0.15, -0.1) is 0 Å². The van der Waals surface area contributed by atoms with E-state index in [1.807, 2.05) is 24.3 Å². The zero-order chi connectivity index (χ0) is 32.0. The Balaban J connectivity index is 1.33. The molecule has 3 aliphatic heterocycles. The highest BCUT2D eigenvalue weighted by Crippen LogP contribution is 2.52. The summed E-state index contributed by atoms with van der Waals surface area (Å²) >= 11 is 0. The molecule has 9 unspecified atom stereocenters. The molecular weight excluding hydrogens is 588 g/mol. The largest absolute Gasteiger partial charge is 0.543 e. The summed E-state index contributed by atoms with van der Waals surface area (Å²) in [7, 11) is 1.08. The molecule has 0 saturated carbocycles. The number of methoxy groups -OCH3 is 2. The van der Waals surface area contributed by atoms with Crippen LogP contribution in [0.15, 0.2) is 36.4 Å². The summed E-state index contributed by atoms with van der Waals surface area (Å²) in [5.41, 5.74) is 1.88. The number of aliphatic hydroxyl groups is 4. The molecule has 244 valence electrons. The van der Waals surface area contributed by atoms with E-state index in [2.05, 4.69) is 39.9 Å². The van der Waals surface area contributed by atoms with Gasteiger partial charge in [0.2, 0.25) is 14.6 Å². The minimum Gasteiger partial charge on any atom is -0.543 e. The van der Waals surface area contributed by atoms with Gasteiger partial charge >= 0.3 is 0 Å². The second-order valence-electron chi connectivity index (χ2n) is 13.4. The van der Waals surface area contributed by atoms with Crippen molar-refractivity contribution in [2.24, 2.45) is 11.8 Å². The van der Waals surface area contributed by atoms with Crippen LogP contribution in [-0.2, 0) is 14.2 Å². The van der Waals surface area contributed by atoms with E-state index >= 15 is 0 Å².